The largest absolute Gasteiger partial charge is 0.423 e. The molecule has 3 nitrogen and oxygen atoms in total. The van der Waals surface area contributed by atoms with E-state index in [1.54, 1.807) is 0 Å². The van der Waals surface area contributed by atoms with Crippen molar-refractivity contribution in [3.05, 3.63) is 180 Å². The van der Waals surface area contributed by atoms with Crippen molar-refractivity contribution in [3.8, 4) is 11.1 Å². The molecule has 0 fully saturated rings. The molecule has 0 saturated heterocycles. The van der Waals surface area contributed by atoms with E-state index in [1.807, 2.05) is 23.9 Å². The molecule has 1 atom stereocenters. The second-order valence-corrected chi connectivity index (χ2v) is 20.4. The molecule has 0 amide bonds. The van der Waals surface area contributed by atoms with Gasteiger partial charge in [-0.05, 0) is 72.7 Å². The summed E-state index contributed by atoms with van der Waals surface area (Å²) in [5, 5.41) is 5.59. The zero-order valence-electron chi connectivity index (χ0n) is 30.9. The van der Waals surface area contributed by atoms with Crippen molar-refractivity contribution in [2.75, 3.05) is 0 Å². The van der Waals surface area contributed by atoms with Gasteiger partial charge in [-0.15, -0.1) is 0 Å². The summed E-state index contributed by atoms with van der Waals surface area (Å²) >= 11 is 1.95. The van der Waals surface area contributed by atoms with E-state index in [4.69, 9.17) is 9.40 Å². The maximum atomic E-state index is 6.27. The lowest BCUT2D eigenvalue weighted by Gasteiger charge is -2.39. The van der Waals surface area contributed by atoms with Crippen LogP contribution in [0, 0.1) is 0 Å². The van der Waals surface area contributed by atoms with Crippen LogP contribution in [0.25, 0.3) is 39.1 Å². The normalized spacial score (nSPS) is 14.4. The van der Waals surface area contributed by atoms with Crippen LogP contribution in [0.4, 0.5) is 0 Å². The number of nitrogens with zero attached hydrogens (tertiary/aromatic N) is 2. The Bertz CT molecular complexity index is 2830. The van der Waals surface area contributed by atoms with Crippen LogP contribution in [-0.4, -0.2) is 17.5 Å². The van der Waals surface area contributed by atoms with E-state index in [0.29, 0.717) is 11.8 Å². The predicted molar refractivity (Wildman–Crippen MR) is 228 cm³/mol. The summed E-state index contributed by atoms with van der Waals surface area (Å²) in [4.78, 5) is 7.90. The first-order valence-corrected chi connectivity index (χ1v) is 21.6. The molecule has 1 aliphatic heterocycles. The fourth-order valence-corrected chi connectivity index (χ4v) is 15.6. The first-order chi connectivity index (χ1) is 26.3. The lowest BCUT2D eigenvalue weighted by Crippen LogP contribution is -2.75. The van der Waals surface area contributed by atoms with Gasteiger partial charge in [-0.1, -0.05) is 179 Å². The number of imidazole rings is 1. The van der Waals surface area contributed by atoms with Crippen LogP contribution >= 0.6 is 11.8 Å². The van der Waals surface area contributed by atoms with Gasteiger partial charge < -0.3 is 4.42 Å². The molecule has 262 valence electrons. The smallest absolute Gasteiger partial charge is 0.307 e. The topological polar surface area (TPSA) is 30.4 Å². The van der Waals surface area contributed by atoms with Crippen molar-refractivity contribution in [1.29, 1.82) is 0 Å². The highest BCUT2D eigenvalue weighted by Gasteiger charge is 2.45. The Morgan fingerprint density at radius 3 is 2.02 bits per heavy atom. The average molecular weight is 733 g/mol. The first-order valence-electron chi connectivity index (χ1n) is 18.8. The first kappa shape index (κ1) is 33.0. The molecule has 10 rings (SSSR count). The molecule has 5 heteroatoms. The van der Waals surface area contributed by atoms with E-state index in [0.717, 1.165) is 27.7 Å². The van der Waals surface area contributed by atoms with Gasteiger partial charge in [0.15, 0.2) is 13.7 Å². The Balaban J connectivity index is 1.27. The minimum absolute atomic E-state index is 0.162. The molecule has 1 unspecified atom stereocenters. The number of rotatable bonds is 5. The monoisotopic (exact) mass is 732 g/mol. The summed E-state index contributed by atoms with van der Waals surface area (Å²) < 4.78 is 8.42. The number of para-hydroxylation sites is 3. The Morgan fingerprint density at radius 2 is 1.26 bits per heavy atom. The summed E-state index contributed by atoms with van der Waals surface area (Å²) in [7, 11) is -2.92. The third kappa shape index (κ3) is 4.92. The van der Waals surface area contributed by atoms with Gasteiger partial charge in [-0.2, -0.15) is 4.98 Å². The van der Waals surface area contributed by atoms with Gasteiger partial charge in [0.05, 0.1) is 11.0 Å². The molecule has 0 aliphatic carbocycles. The maximum Gasteiger partial charge on any atom is 0.307 e. The van der Waals surface area contributed by atoms with Crippen LogP contribution in [-0.2, 0) is 5.41 Å². The second kappa shape index (κ2) is 12.5. The van der Waals surface area contributed by atoms with E-state index in [9.17, 15) is 0 Å². The number of aromatic nitrogens is 2. The van der Waals surface area contributed by atoms with E-state index >= 15 is 0 Å². The van der Waals surface area contributed by atoms with Crippen LogP contribution in [0.5, 0.6) is 0 Å². The predicted octanol–water partition coefficient (Wildman–Crippen LogP) is 10.2. The third-order valence-electron chi connectivity index (χ3n) is 11.4. The van der Waals surface area contributed by atoms with Gasteiger partial charge in [-0.3, -0.25) is 4.40 Å². The van der Waals surface area contributed by atoms with Gasteiger partial charge in [0.2, 0.25) is 0 Å². The van der Waals surface area contributed by atoms with Crippen LogP contribution in [0.1, 0.15) is 50.3 Å². The zero-order valence-corrected chi connectivity index (χ0v) is 32.7. The molecule has 2 aromatic heterocycles. The van der Waals surface area contributed by atoms with E-state index in [2.05, 4.69) is 184 Å². The molecule has 0 saturated carbocycles. The van der Waals surface area contributed by atoms with Crippen LogP contribution < -0.4 is 20.7 Å². The molecule has 9 aromatic rings. The van der Waals surface area contributed by atoms with Crippen molar-refractivity contribution >= 4 is 68.6 Å². The van der Waals surface area contributed by atoms with Crippen molar-refractivity contribution in [2.24, 2.45) is 0 Å². The quantitative estimate of drug-likeness (QED) is 0.130. The Labute approximate surface area is 321 Å². The fraction of sp³-hybridized carbons (Fsp3) is 0.122. The van der Waals surface area contributed by atoms with E-state index in [1.165, 1.54) is 52.8 Å². The lowest BCUT2D eigenvalue weighted by molar-refractivity contribution is 0.592. The van der Waals surface area contributed by atoms with Gasteiger partial charge in [0.25, 0.3) is 0 Å². The molecule has 0 radical (unpaired) electrons. The molecule has 0 bridgehead atoms. The van der Waals surface area contributed by atoms with Crippen molar-refractivity contribution in [2.45, 2.75) is 48.8 Å². The molecule has 3 heterocycles. The highest BCUT2D eigenvalue weighted by Crippen LogP contribution is 2.45. The minimum Gasteiger partial charge on any atom is -0.423 e. The van der Waals surface area contributed by atoms with Crippen LogP contribution in [0.15, 0.2) is 178 Å². The molecular weight excluding hydrogens is 693 g/mol. The van der Waals surface area contributed by atoms with Crippen LogP contribution in [0.3, 0.4) is 0 Å². The molecular formula is C49H40N2OSSi. The number of hydrogen-bond donors (Lipinski definition) is 0. The summed E-state index contributed by atoms with van der Waals surface area (Å²) in [6.07, 6.45) is 0. The Kier molecular flexibility index (Phi) is 7.62. The molecule has 0 spiro atoms. The number of hydrogen-bond acceptors (Lipinski definition) is 3. The summed E-state index contributed by atoms with van der Waals surface area (Å²) in [6, 6.07) is 60.8. The van der Waals surface area contributed by atoms with Gasteiger partial charge >= 0.3 is 5.84 Å². The lowest BCUT2D eigenvalue weighted by atomic mass is 9.81. The third-order valence-corrected chi connectivity index (χ3v) is 17.7. The SMILES string of the molecule is CC1c2ccccc2Sc2c1cccc2[Si](c1ccccc1)(c1ccccc1)c1ccc(-c2cccc3c2nc2oc4ccccc4n23)c(C(C)(C)C)c1. The summed E-state index contributed by atoms with van der Waals surface area (Å²) in [5.41, 5.74) is 10.2. The van der Waals surface area contributed by atoms with Crippen molar-refractivity contribution in [3.63, 3.8) is 0 Å². The van der Waals surface area contributed by atoms with Gasteiger partial charge in [0, 0.05) is 21.3 Å². The summed E-state index contributed by atoms with van der Waals surface area (Å²) in [5.74, 6) is 0.922. The number of benzene rings is 7. The summed E-state index contributed by atoms with van der Waals surface area (Å²) in [6.45, 7) is 9.40. The number of fused-ring (bicyclic) bond motifs is 7. The fourth-order valence-electron chi connectivity index (χ4n) is 8.91. The van der Waals surface area contributed by atoms with Gasteiger partial charge in [0.1, 0.15) is 5.52 Å². The van der Waals surface area contributed by atoms with Crippen molar-refractivity contribution < 1.29 is 4.42 Å². The Morgan fingerprint density at radius 1 is 0.611 bits per heavy atom. The molecule has 1 aliphatic rings. The highest BCUT2D eigenvalue weighted by molar-refractivity contribution is 7.99. The maximum absolute atomic E-state index is 6.27. The van der Waals surface area contributed by atoms with Gasteiger partial charge in [-0.25, -0.2) is 0 Å². The van der Waals surface area contributed by atoms with Crippen molar-refractivity contribution in [1.82, 2.24) is 9.38 Å². The van der Waals surface area contributed by atoms with E-state index in [-0.39, 0.29) is 5.41 Å². The van der Waals surface area contributed by atoms with Crippen LogP contribution in [0.2, 0.25) is 0 Å². The highest BCUT2D eigenvalue weighted by atomic mass is 32.2. The zero-order chi connectivity index (χ0) is 36.6. The Hall–Kier alpha value is -5.62. The number of oxazole rings is 1. The second-order valence-electron chi connectivity index (χ2n) is 15.6. The molecule has 54 heavy (non-hydrogen) atoms. The molecule has 0 N–H and O–H groups in total. The minimum atomic E-state index is -2.92. The van der Waals surface area contributed by atoms with E-state index < -0.39 is 8.07 Å². The standard InChI is InChI=1S/C49H40N2OSSi/c1-32-36-21-11-14-27-44(36)53-47-37(32)22-16-28-45(47)54(33-17-7-5-8-18-33,34-19-9-6-10-20-34)35-29-30-38(40(31-35)49(2,3)4)39-23-15-25-42-46(39)50-48-51(42)41-24-12-13-26-43(41)52-48/h5-32H,1-4H3. The molecule has 7 aromatic carbocycles. The average Bonchev–Trinajstić information content (AvgIpc) is 3.76.